The van der Waals surface area contributed by atoms with Gasteiger partial charge < -0.3 is 9.47 Å². The molecule has 0 aliphatic carbocycles. The van der Waals surface area contributed by atoms with Gasteiger partial charge in [-0.2, -0.15) is 0 Å². The van der Waals surface area contributed by atoms with E-state index >= 15 is 0 Å². The van der Waals surface area contributed by atoms with Crippen molar-refractivity contribution in [1.82, 2.24) is 0 Å². The first-order valence-corrected chi connectivity index (χ1v) is 8.24. The fourth-order valence-corrected chi connectivity index (χ4v) is 2.61. The molecule has 0 bridgehead atoms. The van der Waals surface area contributed by atoms with Crippen LogP contribution in [-0.4, -0.2) is 13.7 Å². The van der Waals surface area contributed by atoms with E-state index in [0.29, 0.717) is 6.61 Å². The van der Waals surface area contributed by atoms with Gasteiger partial charge in [0.25, 0.3) is 0 Å². The summed E-state index contributed by atoms with van der Waals surface area (Å²) in [6, 6.07) is 20.5. The Hall–Kier alpha value is -2.32. The number of hydrogen-bond acceptors (Lipinski definition) is 2. The predicted octanol–water partition coefficient (Wildman–Crippen LogP) is 5.44. The zero-order chi connectivity index (χ0) is 17.3. The van der Waals surface area contributed by atoms with Crippen molar-refractivity contribution in [3.8, 4) is 0 Å². The Balaban J connectivity index is 2.00. The van der Waals surface area contributed by atoms with Gasteiger partial charge in [-0.3, -0.25) is 0 Å². The first kappa shape index (κ1) is 18.0. The second-order valence-electron chi connectivity index (χ2n) is 5.98. The van der Waals surface area contributed by atoms with Crippen LogP contribution in [0.2, 0.25) is 0 Å². The maximum atomic E-state index is 5.80. The lowest BCUT2D eigenvalue weighted by Crippen LogP contribution is -2.29. The van der Waals surface area contributed by atoms with E-state index in [1.807, 2.05) is 37.3 Å². The highest BCUT2D eigenvalue weighted by atomic mass is 16.5. The number of allylic oxidation sites excluding steroid dienone is 2. The Kier molecular flexibility index (Phi) is 6.83. The molecular formula is C22H26O2. The monoisotopic (exact) mass is 322 g/mol. The second-order valence-corrected chi connectivity index (χ2v) is 5.98. The molecule has 0 aliphatic rings. The Labute approximate surface area is 145 Å². The zero-order valence-electron chi connectivity index (χ0n) is 14.5. The SMILES string of the molecule is C=CC[C@@H](/C=C\OC[C@](C)(OC)c1ccccc1)c1ccccc1. The summed E-state index contributed by atoms with van der Waals surface area (Å²) in [7, 11) is 1.71. The number of ether oxygens (including phenoxy) is 2. The third-order valence-corrected chi connectivity index (χ3v) is 4.25. The van der Waals surface area contributed by atoms with Crippen LogP contribution in [0.15, 0.2) is 85.7 Å². The van der Waals surface area contributed by atoms with E-state index in [1.165, 1.54) is 5.56 Å². The maximum absolute atomic E-state index is 5.80. The largest absolute Gasteiger partial charge is 0.498 e. The summed E-state index contributed by atoms with van der Waals surface area (Å²) in [4.78, 5) is 0. The molecule has 0 spiro atoms. The normalized spacial score (nSPS) is 14.9. The average Bonchev–Trinajstić information content (AvgIpc) is 2.65. The molecule has 0 unspecified atom stereocenters. The van der Waals surface area contributed by atoms with Crippen molar-refractivity contribution in [1.29, 1.82) is 0 Å². The summed E-state index contributed by atoms with van der Waals surface area (Å²) in [6.07, 6.45) is 6.68. The lowest BCUT2D eigenvalue weighted by molar-refractivity contribution is -0.0464. The molecule has 2 aromatic rings. The van der Waals surface area contributed by atoms with Gasteiger partial charge in [0.2, 0.25) is 0 Å². The van der Waals surface area contributed by atoms with Crippen molar-refractivity contribution < 1.29 is 9.47 Å². The predicted molar refractivity (Wildman–Crippen MR) is 99.9 cm³/mol. The molecule has 0 aliphatic heterocycles. The van der Waals surface area contributed by atoms with Gasteiger partial charge in [-0.1, -0.05) is 66.7 Å². The van der Waals surface area contributed by atoms with Crippen LogP contribution in [0.4, 0.5) is 0 Å². The van der Waals surface area contributed by atoms with E-state index in [0.717, 1.165) is 12.0 Å². The van der Waals surface area contributed by atoms with Crippen molar-refractivity contribution in [3.63, 3.8) is 0 Å². The highest BCUT2D eigenvalue weighted by Gasteiger charge is 2.26. The van der Waals surface area contributed by atoms with Gasteiger partial charge in [0.05, 0.1) is 6.26 Å². The van der Waals surface area contributed by atoms with Crippen LogP contribution in [0.25, 0.3) is 0 Å². The maximum Gasteiger partial charge on any atom is 0.124 e. The van der Waals surface area contributed by atoms with E-state index in [9.17, 15) is 0 Å². The van der Waals surface area contributed by atoms with E-state index < -0.39 is 5.60 Å². The van der Waals surface area contributed by atoms with E-state index in [-0.39, 0.29) is 5.92 Å². The van der Waals surface area contributed by atoms with Crippen LogP contribution >= 0.6 is 0 Å². The molecule has 2 atom stereocenters. The molecule has 0 radical (unpaired) electrons. The molecule has 0 N–H and O–H groups in total. The van der Waals surface area contributed by atoms with Crippen LogP contribution in [0.5, 0.6) is 0 Å². The molecule has 2 rings (SSSR count). The number of benzene rings is 2. The molecule has 0 heterocycles. The van der Waals surface area contributed by atoms with Gasteiger partial charge in [0, 0.05) is 13.0 Å². The fraction of sp³-hybridized carbons (Fsp3) is 0.273. The summed E-state index contributed by atoms with van der Waals surface area (Å²) < 4.78 is 11.5. The first-order valence-electron chi connectivity index (χ1n) is 8.24. The minimum absolute atomic E-state index is 0.272. The minimum atomic E-state index is -0.466. The average molecular weight is 322 g/mol. The highest BCUT2D eigenvalue weighted by molar-refractivity contribution is 5.24. The molecular weight excluding hydrogens is 296 g/mol. The van der Waals surface area contributed by atoms with Crippen molar-refractivity contribution in [2.45, 2.75) is 24.9 Å². The third-order valence-electron chi connectivity index (χ3n) is 4.25. The second kappa shape index (κ2) is 9.09. The molecule has 2 aromatic carbocycles. The van der Waals surface area contributed by atoms with E-state index in [4.69, 9.17) is 9.47 Å². The van der Waals surface area contributed by atoms with Crippen molar-refractivity contribution in [2.75, 3.05) is 13.7 Å². The Morgan fingerprint density at radius 2 is 1.67 bits per heavy atom. The quantitative estimate of drug-likeness (QED) is 0.452. The van der Waals surface area contributed by atoms with E-state index in [2.05, 4.69) is 49.1 Å². The van der Waals surface area contributed by atoms with Gasteiger partial charge in [-0.25, -0.2) is 0 Å². The molecule has 2 heteroatoms. The van der Waals surface area contributed by atoms with E-state index in [1.54, 1.807) is 13.4 Å². The summed E-state index contributed by atoms with van der Waals surface area (Å²) in [5.41, 5.74) is 1.90. The minimum Gasteiger partial charge on any atom is -0.498 e. The van der Waals surface area contributed by atoms with Crippen LogP contribution in [-0.2, 0) is 15.1 Å². The highest BCUT2D eigenvalue weighted by Crippen LogP contribution is 2.25. The number of rotatable bonds is 9. The molecule has 2 nitrogen and oxygen atoms in total. The van der Waals surface area contributed by atoms with Gasteiger partial charge in [-0.15, -0.1) is 6.58 Å². The number of hydrogen-bond donors (Lipinski definition) is 0. The third kappa shape index (κ3) is 4.84. The molecule has 0 aromatic heterocycles. The molecule has 0 saturated heterocycles. The van der Waals surface area contributed by atoms with Crippen molar-refractivity contribution in [2.24, 2.45) is 0 Å². The molecule has 0 saturated carbocycles. The smallest absolute Gasteiger partial charge is 0.124 e. The summed E-state index contributed by atoms with van der Waals surface area (Å²) in [5.74, 6) is 0.272. The Morgan fingerprint density at radius 1 is 1.04 bits per heavy atom. The molecule has 0 amide bonds. The lowest BCUT2D eigenvalue weighted by Gasteiger charge is -2.28. The topological polar surface area (TPSA) is 18.5 Å². The first-order chi connectivity index (χ1) is 11.7. The molecule has 24 heavy (non-hydrogen) atoms. The summed E-state index contributed by atoms with van der Waals surface area (Å²) >= 11 is 0. The Morgan fingerprint density at radius 3 is 2.25 bits per heavy atom. The standard InChI is InChI=1S/C22H26O2/c1-4-11-19(20-12-7-5-8-13-20)16-17-24-18-22(2,23-3)21-14-9-6-10-15-21/h4-10,12-17,19H,1,11,18H2,2-3H3/b17-16-/t19-,22-/m0/s1. The van der Waals surface area contributed by atoms with Gasteiger partial charge in [0.15, 0.2) is 0 Å². The zero-order valence-corrected chi connectivity index (χ0v) is 14.5. The Bertz CT molecular complexity index is 634. The van der Waals surface area contributed by atoms with Gasteiger partial charge >= 0.3 is 0 Å². The van der Waals surface area contributed by atoms with Crippen LogP contribution in [0, 0.1) is 0 Å². The van der Waals surface area contributed by atoms with Crippen LogP contribution < -0.4 is 0 Å². The van der Waals surface area contributed by atoms with Gasteiger partial charge in [0.1, 0.15) is 12.2 Å². The van der Waals surface area contributed by atoms with Gasteiger partial charge in [-0.05, 0) is 30.5 Å². The van der Waals surface area contributed by atoms with Crippen molar-refractivity contribution >= 4 is 0 Å². The summed E-state index contributed by atoms with van der Waals surface area (Å²) in [6.45, 7) is 6.35. The van der Waals surface area contributed by atoms with Crippen LogP contribution in [0.1, 0.15) is 30.4 Å². The number of methoxy groups -OCH3 is 1. The fourth-order valence-electron chi connectivity index (χ4n) is 2.61. The van der Waals surface area contributed by atoms with Crippen molar-refractivity contribution in [3.05, 3.63) is 96.8 Å². The lowest BCUT2D eigenvalue weighted by atomic mass is 9.96. The molecule has 126 valence electrons. The van der Waals surface area contributed by atoms with Crippen LogP contribution in [0.3, 0.4) is 0 Å². The summed E-state index contributed by atoms with van der Waals surface area (Å²) in [5, 5.41) is 0. The molecule has 0 fully saturated rings.